The van der Waals surface area contributed by atoms with Gasteiger partial charge in [-0.3, -0.25) is 14.7 Å². The lowest BCUT2D eigenvalue weighted by molar-refractivity contribution is -0.337. The van der Waals surface area contributed by atoms with Crippen LogP contribution < -0.4 is 5.32 Å². The highest BCUT2D eigenvalue weighted by atomic mass is 16.6. The lowest BCUT2D eigenvalue weighted by Crippen LogP contribution is -2.83. The zero-order valence-corrected chi connectivity index (χ0v) is 29.5. The van der Waals surface area contributed by atoms with Crippen LogP contribution in [0.5, 0.6) is 0 Å². The highest BCUT2D eigenvalue weighted by Gasteiger charge is 2.89. The fourth-order valence-electron chi connectivity index (χ4n) is 12.4. The van der Waals surface area contributed by atoms with E-state index in [4.69, 9.17) is 18.9 Å². The first kappa shape index (κ1) is 33.9. The molecule has 5 aliphatic carbocycles. The zero-order valence-electron chi connectivity index (χ0n) is 29.5. The Labute approximate surface area is 293 Å². The number of aromatic nitrogens is 1. The topological polar surface area (TPSA) is 140 Å². The van der Waals surface area contributed by atoms with Gasteiger partial charge in [0.2, 0.25) is 5.91 Å². The largest absolute Gasteiger partial charge is 0.454 e. The number of aryl methyl sites for hydroxylation is 1. The molecule has 11 heteroatoms. The van der Waals surface area contributed by atoms with E-state index in [0.717, 1.165) is 5.69 Å². The van der Waals surface area contributed by atoms with Gasteiger partial charge in [0.25, 0.3) is 0 Å². The number of likely N-dealkylation sites (tertiary alicyclic amines) is 1. The highest BCUT2D eigenvalue weighted by molar-refractivity contribution is 6.06. The van der Waals surface area contributed by atoms with Gasteiger partial charge in [-0.25, -0.2) is 4.79 Å². The number of nitrogens with one attached hydrogen (secondary N) is 1. The van der Waals surface area contributed by atoms with Crippen LogP contribution in [0.15, 0.2) is 48.5 Å². The van der Waals surface area contributed by atoms with E-state index in [0.29, 0.717) is 56.6 Å². The molecule has 50 heavy (non-hydrogen) atoms. The van der Waals surface area contributed by atoms with Crippen LogP contribution in [0.25, 0.3) is 6.08 Å². The third kappa shape index (κ3) is 4.34. The normalized spacial score (nSPS) is 42.5. The molecule has 1 aliphatic heterocycles. The van der Waals surface area contributed by atoms with Crippen molar-refractivity contribution in [2.75, 3.05) is 39.7 Å². The molecule has 2 aromatic rings. The number of benzene rings is 1. The standard InChI is InChI=1S/C39H49N3O8/c1-6-42-21-36(50-35(44)24-12-7-8-13-27(24)41-32(43)15-14-23-11-9-10-22(2)40-23)17-16-31(48-4)38-29(36)19-26(33(38)42)37(45)20-28(47-3)25-18-30(38)39(37,46)34(25)49-5/h7-15,25-26,28-31,33-34,45-46H,6,16-21H2,1-5H3,(H,41,43)/b15-14+/t25-,26-,28+,29-,30+,31+,33?,34+,36-,37+,38+,39+/m1/s1. The number of carbonyl (C=O) groups excluding carboxylic acids is 2. The van der Waals surface area contributed by atoms with E-state index in [-0.39, 0.29) is 53.4 Å². The van der Waals surface area contributed by atoms with Crippen LogP contribution in [-0.4, -0.2) is 108 Å². The smallest absolute Gasteiger partial charge is 0.340 e. The minimum atomic E-state index is -1.50. The number of rotatable bonds is 9. The second-order valence-electron chi connectivity index (χ2n) is 15.5. The van der Waals surface area contributed by atoms with Crippen molar-refractivity contribution in [3.8, 4) is 0 Å². The van der Waals surface area contributed by atoms with Crippen LogP contribution in [0.3, 0.4) is 0 Å². The molecule has 12 atom stereocenters. The first-order valence-electron chi connectivity index (χ1n) is 18.0. The molecule has 6 fully saturated rings. The Morgan fingerprint density at radius 1 is 1.04 bits per heavy atom. The van der Waals surface area contributed by atoms with Crippen LogP contribution >= 0.6 is 0 Å². The van der Waals surface area contributed by atoms with Crippen LogP contribution in [0.1, 0.15) is 60.8 Å². The second kappa shape index (κ2) is 11.9. The SMILES string of the molecule is CCN1C[C@]2(OC(=O)c3ccccc3NC(=O)/C=C/c3cccc(C)n3)CC[C@H](OC)[C@]34C1[C@@H](C[C@H]23)[C@@]1(O)C[C@H](OC)[C@H]2C[C@@H]4[C@]1(O)[C@H]2OC. The number of nitrogens with zero attached hydrogens (tertiary/aromatic N) is 2. The van der Waals surface area contributed by atoms with Gasteiger partial charge < -0.3 is 34.5 Å². The van der Waals surface area contributed by atoms with Crippen molar-refractivity contribution in [1.82, 2.24) is 9.88 Å². The molecule has 5 saturated carbocycles. The molecule has 1 amide bonds. The van der Waals surface area contributed by atoms with Crippen LogP contribution in [0.4, 0.5) is 5.69 Å². The van der Waals surface area contributed by atoms with Crippen LogP contribution in [0, 0.1) is 36.0 Å². The van der Waals surface area contributed by atoms with Crippen molar-refractivity contribution in [2.24, 2.45) is 29.1 Å². The van der Waals surface area contributed by atoms with E-state index in [1.807, 2.05) is 25.1 Å². The van der Waals surface area contributed by atoms with Crippen molar-refractivity contribution in [3.05, 3.63) is 65.5 Å². The highest BCUT2D eigenvalue weighted by Crippen LogP contribution is 2.79. The number of ether oxygens (including phenoxy) is 4. The molecule has 268 valence electrons. The average molecular weight is 688 g/mol. The molecule has 6 aliphatic rings. The molecule has 2 heterocycles. The van der Waals surface area contributed by atoms with Gasteiger partial charge in [0.15, 0.2) is 0 Å². The average Bonchev–Trinajstić information content (AvgIpc) is 3.53. The van der Waals surface area contributed by atoms with Crippen molar-refractivity contribution < 1.29 is 38.7 Å². The Bertz CT molecular complexity index is 1720. The molecular weight excluding hydrogens is 638 g/mol. The van der Waals surface area contributed by atoms with E-state index in [1.165, 1.54) is 6.08 Å². The summed E-state index contributed by atoms with van der Waals surface area (Å²) in [5.41, 5.74) is -2.31. The number of hydrogen-bond acceptors (Lipinski definition) is 10. The number of piperidine rings is 1. The van der Waals surface area contributed by atoms with Crippen molar-refractivity contribution in [3.63, 3.8) is 0 Å². The first-order chi connectivity index (χ1) is 24.0. The van der Waals surface area contributed by atoms with E-state index >= 15 is 0 Å². The monoisotopic (exact) mass is 687 g/mol. The molecule has 0 radical (unpaired) electrons. The molecule has 11 nitrogen and oxygen atoms in total. The number of amides is 1. The molecule has 1 aromatic carbocycles. The van der Waals surface area contributed by atoms with Gasteiger partial charge in [0, 0.05) is 81.2 Å². The van der Waals surface area contributed by atoms with Crippen molar-refractivity contribution >= 4 is 23.6 Å². The lowest BCUT2D eigenvalue weighted by atomic mass is 9.44. The van der Waals surface area contributed by atoms with Crippen molar-refractivity contribution in [1.29, 1.82) is 0 Å². The predicted molar refractivity (Wildman–Crippen MR) is 184 cm³/mol. The van der Waals surface area contributed by atoms with E-state index in [9.17, 15) is 19.8 Å². The van der Waals surface area contributed by atoms with Crippen LogP contribution in [0.2, 0.25) is 0 Å². The number of fused-ring (bicyclic) bond motifs is 2. The molecule has 1 saturated heterocycles. The third-order valence-corrected chi connectivity index (χ3v) is 13.9. The van der Waals surface area contributed by atoms with Gasteiger partial charge in [0.1, 0.15) is 16.8 Å². The van der Waals surface area contributed by atoms with E-state index in [1.54, 1.807) is 51.7 Å². The maximum Gasteiger partial charge on any atom is 0.340 e. The maximum atomic E-state index is 14.4. The summed E-state index contributed by atoms with van der Waals surface area (Å²) in [5, 5.41) is 28.8. The molecule has 1 aromatic heterocycles. The van der Waals surface area contributed by atoms with Gasteiger partial charge in [0.05, 0.1) is 35.3 Å². The molecule has 8 rings (SSSR count). The van der Waals surface area contributed by atoms with Gasteiger partial charge in [-0.05, 0) is 69.5 Å². The third-order valence-electron chi connectivity index (χ3n) is 13.9. The summed E-state index contributed by atoms with van der Waals surface area (Å²) >= 11 is 0. The summed E-state index contributed by atoms with van der Waals surface area (Å²) in [4.78, 5) is 34.3. The van der Waals surface area contributed by atoms with E-state index < -0.39 is 34.3 Å². The Hall–Kier alpha value is -3.19. The second-order valence-corrected chi connectivity index (χ2v) is 15.5. The number of aliphatic hydroxyl groups is 2. The molecule has 7 bridgehead atoms. The lowest BCUT2D eigenvalue weighted by Gasteiger charge is -2.70. The number of pyridine rings is 1. The minimum Gasteiger partial charge on any atom is -0.454 e. The Morgan fingerprint density at radius 2 is 1.84 bits per heavy atom. The van der Waals surface area contributed by atoms with E-state index in [2.05, 4.69) is 22.1 Å². The number of carbonyl (C=O) groups is 2. The Morgan fingerprint density at radius 3 is 2.56 bits per heavy atom. The maximum absolute atomic E-state index is 14.4. The summed E-state index contributed by atoms with van der Waals surface area (Å²) in [5.74, 6) is -1.82. The Balaban J connectivity index is 1.16. The van der Waals surface area contributed by atoms with Gasteiger partial charge >= 0.3 is 5.97 Å². The predicted octanol–water partition coefficient (Wildman–Crippen LogP) is 3.62. The Kier molecular flexibility index (Phi) is 8.09. The van der Waals surface area contributed by atoms with Crippen LogP contribution in [-0.2, 0) is 23.7 Å². The first-order valence-corrected chi connectivity index (χ1v) is 18.0. The molecule has 1 spiro atoms. The number of esters is 1. The summed E-state index contributed by atoms with van der Waals surface area (Å²) < 4.78 is 25.3. The quantitative estimate of drug-likeness (QED) is 0.265. The van der Waals surface area contributed by atoms with Crippen molar-refractivity contribution in [2.45, 2.75) is 87.1 Å². The zero-order chi connectivity index (χ0) is 35.2. The summed E-state index contributed by atoms with van der Waals surface area (Å²) in [6.45, 7) is 5.21. The number of hydrogen-bond donors (Lipinski definition) is 3. The molecule has 1 unspecified atom stereocenters. The minimum absolute atomic E-state index is 0.0713. The molecule has 3 N–H and O–H groups in total. The number of likely N-dealkylation sites (N-methyl/N-ethyl adjacent to an activating group) is 1. The summed E-state index contributed by atoms with van der Waals surface area (Å²) in [6.07, 6.45) is 4.76. The van der Waals surface area contributed by atoms with Gasteiger partial charge in [-0.2, -0.15) is 0 Å². The number of methoxy groups -OCH3 is 3. The summed E-state index contributed by atoms with van der Waals surface area (Å²) in [6, 6.07) is 12.4. The fourth-order valence-corrected chi connectivity index (χ4v) is 12.4. The van der Waals surface area contributed by atoms with Gasteiger partial charge in [-0.1, -0.05) is 25.1 Å². The molecular formula is C39H49N3O8. The number of para-hydroxylation sites is 1. The number of anilines is 1. The fraction of sp³-hybridized carbons (Fsp3) is 0.615. The summed E-state index contributed by atoms with van der Waals surface area (Å²) in [7, 11) is 5.05. The van der Waals surface area contributed by atoms with Gasteiger partial charge in [-0.15, -0.1) is 0 Å².